The van der Waals surface area contributed by atoms with Gasteiger partial charge in [-0.15, -0.1) is 11.3 Å². The molecular weight excluding hydrogens is 156 g/mol. The highest BCUT2D eigenvalue weighted by Gasteiger charge is 2.16. The van der Waals surface area contributed by atoms with E-state index in [0.717, 1.165) is 19.5 Å². The highest BCUT2D eigenvalue weighted by molar-refractivity contribution is 7.09. The van der Waals surface area contributed by atoms with Gasteiger partial charge in [-0.1, -0.05) is 6.92 Å². The van der Waals surface area contributed by atoms with Gasteiger partial charge in [-0.3, -0.25) is 4.90 Å². The second-order valence-electron chi connectivity index (χ2n) is 2.84. The Balaban J connectivity index is 2.18. The van der Waals surface area contributed by atoms with Crippen LogP contribution >= 0.6 is 11.3 Å². The highest BCUT2D eigenvalue weighted by Crippen LogP contribution is 2.20. The van der Waals surface area contributed by atoms with Crippen LogP contribution in [0.15, 0.2) is 5.51 Å². The Kier molecular flexibility index (Phi) is 1.92. The lowest BCUT2D eigenvalue weighted by molar-refractivity contribution is 0.270. The van der Waals surface area contributed by atoms with Gasteiger partial charge in [0, 0.05) is 24.4 Å². The minimum Gasteiger partial charge on any atom is -0.298 e. The van der Waals surface area contributed by atoms with Crippen LogP contribution in [0.3, 0.4) is 0 Å². The molecule has 2 nitrogen and oxygen atoms in total. The zero-order chi connectivity index (χ0) is 7.68. The molecule has 2 heterocycles. The molecule has 0 aliphatic carbocycles. The number of aromatic nitrogens is 1. The molecule has 60 valence electrons. The Hall–Kier alpha value is -0.410. The summed E-state index contributed by atoms with van der Waals surface area (Å²) in [7, 11) is 0. The smallest absolute Gasteiger partial charge is 0.0798 e. The largest absolute Gasteiger partial charge is 0.298 e. The van der Waals surface area contributed by atoms with Crippen molar-refractivity contribution in [3.8, 4) is 0 Å². The van der Waals surface area contributed by atoms with Crippen molar-refractivity contribution in [1.29, 1.82) is 0 Å². The summed E-state index contributed by atoms with van der Waals surface area (Å²) in [5.41, 5.74) is 3.30. The summed E-state index contributed by atoms with van der Waals surface area (Å²) in [6.45, 7) is 5.69. The summed E-state index contributed by atoms with van der Waals surface area (Å²) >= 11 is 1.79. The van der Waals surface area contributed by atoms with E-state index in [-0.39, 0.29) is 0 Å². The average molecular weight is 168 g/mol. The molecule has 1 aromatic rings. The number of thiazole rings is 1. The molecule has 0 radical (unpaired) electrons. The van der Waals surface area contributed by atoms with Gasteiger partial charge in [0.15, 0.2) is 0 Å². The average Bonchev–Trinajstić information content (AvgIpc) is 2.50. The predicted octanol–water partition coefficient (Wildman–Crippen LogP) is 1.52. The van der Waals surface area contributed by atoms with E-state index in [1.807, 2.05) is 5.51 Å². The topological polar surface area (TPSA) is 16.1 Å². The Morgan fingerprint density at radius 1 is 1.73 bits per heavy atom. The van der Waals surface area contributed by atoms with Crippen molar-refractivity contribution in [3.05, 3.63) is 16.1 Å². The molecule has 2 rings (SSSR count). The van der Waals surface area contributed by atoms with Crippen LogP contribution in [-0.4, -0.2) is 23.0 Å². The molecule has 11 heavy (non-hydrogen) atoms. The summed E-state index contributed by atoms with van der Waals surface area (Å²) in [6.07, 6.45) is 1.15. The second-order valence-corrected chi connectivity index (χ2v) is 3.78. The van der Waals surface area contributed by atoms with Crippen LogP contribution in [0.1, 0.15) is 17.5 Å². The van der Waals surface area contributed by atoms with Gasteiger partial charge >= 0.3 is 0 Å². The van der Waals surface area contributed by atoms with Crippen LogP contribution in [0, 0.1) is 0 Å². The SMILES string of the molecule is CCN1CCc2ncsc2C1. The van der Waals surface area contributed by atoms with Gasteiger partial charge in [0.25, 0.3) is 0 Å². The van der Waals surface area contributed by atoms with Gasteiger partial charge in [-0.05, 0) is 6.54 Å². The van der Waals surface area contributed by atoms with E-state index in [1.165, 1.54) is 17.1 Å². The quantitative estimate of drug-likeness (QED) is 0.632. The van der Waals surface area contributed by atoms with Crippen LogP contribution in [0.2, 0.25) is 0 Å². The molecule has 0 bridgehead atoms. The minimum absolute atomic E-state index is 1.12. The first-order valence-corrected chi connectivity index (χ1v) is 4.91. The molecule has 3 heteroatoms. The van der Waals surface area contributed by atoms with E-state index >= 15 is 0 Å². The summed E-state index contributed by atoms with van der Waals surface area (Å²) in [5.74, 6) is 0. The number of hydrogen-bond donors (Lipinski definition) is 0. The van der Waals surface area contributed by atoms with Crippen LogP contribution in [-0.2, 0) is 13.0 Å². The third-order valence-electron chi connectivity index (χ3n) is 2.20. The number of likely N-dealkylation sites (N-methyl/N-ethyl adjacent to an activating group) is 1. The molecule has 0 amide bonds. The van der Waals surface area contributed by atoms with E-state index in [1.54, 1.807) is 11.3 Å². The van der Waals surface area contributed by atoms with Gasteiger partial charge in [0.05, 0.1) is 11.2 Å². The monoisotopic (exact) mass is 168 g/mol. The van der Waals surface area contributed by atoms with E-state index in [4.69, 9.17) is 0 Å². The first-order chi connectivity index (χ1) is 5.40. The Bertz CT molecular complexity index is 244. The van der Waals surface area contributed by atoms with Crippen LogP contribution in [0.25, 0.3) is 0 Å². The molecule has 0 aromatic carbocycles. The lowest BCUT2D eigenvalue weighted by atomic mass is 10.2. The minimum atomic E-state index is 1.12. The summed E-state index contributed by atoms with van der Waals surface area (Å²) in [5, 5.41) is 0. The molecule has 1 aromatic heterocycles. The van der Waals surface area contributed by atoms with Gasteiger partial charge in [-0.25, -0.2) is 4.98 Å². The van der Waals surface area contributed by atoms with Crippen molar-refractivity contribution in [3.63, 3.8) is 0 Å². The maximum atomic E-state index is 4.32. The molecule has 0 fully saturated rings. The highest BCUT2D eigenvalue weighted by atomic mass is 32.1. The van der Waals surface area contributed by atoms with Crippen molar-refractivity contribution in [2.75, 3.05) is 13.1 Å². The van der Waals surface area contributed by atoms with Crippen LogP contribution in [0.5, 0.6) is 0 Å². The molecule has 1 aliphatic heterocycles. The lowest BCUT2D eigenvalue weighted by Crippen LogP contribution is -2.29. The zero-order valence-electron chi connectivity index (χ0n) is 6.71. The zero-order valence-corrected chi connectivity index (χ0v) is 7.52. The van der Waals surface area contributed by atoms with E-state index in [0.29, 0.717) is 0 Å². The van der Waals surface area contributed by atoms with Crippen molar-refractivity contribution in [2.45, 2.75) is 19.9 Å². The molecular formula is C8H12N2S. The Labute approximate surface area is 70.9 Å². The van der Waals surface area contributed by atoms with Gasteiger partial charge in [-0.2, -0.15) is 0 Å². The first-order valence-electron chi connectivity index (χ1n) is 4.03. The maximum Gasteiger partial charge on any atom is 0.0798 e. The Morgan fingerprint density at radius 3 is 3.45 bits per heavy atom. The lowest BCUT2D eigenvalue weighted by Gasteiger charge is -2.23. The fraction of sp³-hybridized carbons (Fsp3) is 0.625. The second kappa shape index (κ2) is 2.91. The maximum absolute atomic E-state index is 4.32. The number of nitrogens with zero attached hydrogens (tertiary/aromatic N) is 2. The normalized spacial score (nSPS) is 18.3. The third-order valence-corrected chi connectivity index (χ3v) is 3.06. The molecule has 0 saturated heterocycles. The Morgan fingerprint density at radius 2 is 2.64 bits per heavy atom. The fourth-order valence-electron chi connectivity index (χ4n) is 1.44. The van der Waals surface area contributed by atoms with Crippen molar-refractivity contribution in [1.82, 2.24) is 9.88 Å². The van der Waals surface area contributed by atoms with Crippen LogP contribution < -0.4 is 0 Å². The van der Waals surface area contributed by atoms with Crippen molar-refractivity contribution in [2.24, 2.45) is 0 Å². The van der Waals surface area contributed by atoms with E-state index < -0.39 is 0 Å². The predicted molar refractivity (Wildman–Crippen MR) is 46.8 cm³/mol. The molecule has 0 N–H and O–H groups in total. The molecule has 0 spiro atoms. The van der Waals surface area contributed by atoms with Crippen molar-refractivity contribution < 1.29 is 0 Å². The number of hydrogen-bond acceptors (Lipinski definition) is 3. The van der Waals surface area contributed by atoms with Gasteiger partial charge in [0.1, 0.15) is 0 Å². The van der Waals surface area contributed by atoms with Crippen molar-refractivity contribution >= 4 is 11.3 Å². The fourth-order valence-corrected chi connectivity index (χ4v) is 2.30. The summed E-state index contributed by atoms with van der Waals surface area (Å²) in [4.78, 5) is 8.25. The number of fused-ring (bicyclic) bond motifs is 1. The number of rotatable bonds is 1. The van der Waals surface area contributed by atoms with E-state index in [9.17, 15) is 0 Å². The first kappa shape index (κ1) is 7.25. The standard InChI is InChI=1S/C8H12N2S/c1-2-10-4-3-7-8(5-10)11-6-9-7/h6H,2-5H2,1H3. The van der Waals surface area contributed by atoms with Gasteiger partial charge < -0.3 is 0 Å². The van der Waals surface area contributed by atoms with Gasteiger partial charge in [0.2, 0.25) is 0 Å². The summed E-state index contributed by atoms with van der Waals surface area (Å²) < 4.78 is 0. The third kappa shape index (κ3) is 1.30. The molecule has 0 unspecified atom stereocenters. The molecule has 1 aliphatic rings. The van der Waals surface area contributed by atoms with E-state index in [2.05, 4.69) is 16.8 Å². The molecule has 0 saturated carbocycles. The van der Waals surface area contributed by atoms with Crippen LogP contribution in [0.4, 0.5) is 0 Å². The summed E-state index contributed by atoms with van der Waals surface area (Å²) in [6, 6.07) is 0. The molecule has 0 atom stereocenters.